The van der Waals surface area contributed by atoms with E-state index < -0.39 is 16.6 Å². The number of Topliss-reactive ketones (excluding diaryl/α,β-unsaturated/α-hetero) is 1. The zero-order valence-electron chi connectivity index (χ0n) is 25.0. The fourth-order valence-electron chi connectivity index (χ4n) is 5.76. The zero-order chi connectivity index (χ0) is 27.2. The number of ketones is 1. The van der Waals surface area contributed by atoms with Crippen LogP contribution < -0.4 is 0 Å². The third-order valence-electron chi connectivity index (χ3n) is 8.11. The van der Waals surface area contributed by atoms with E-state index >= 15 is 0 Å². The van der Waals surface area contributed by atoms with E-state index in [-0.39, 0.29) is 17.5 Å². The van der Waals surface area contributed by atoms with E-state index in [1.54, 1.807) is 0 Å². The SMILES string of the molecule is CCCCC(C)(CC=C[C@H]1CCC(=O)[C@@H]1CCCCCCC(=O)O[Si](CC)(CC)CC)O[Si](C)(C)C. The van der Waals surface area contributed by atoms with Gasteiger partial charge in [0.15, 0.2) is 8.32 Å². The largest absolute Gasteiger partial charge is 0.519 e. The summed E-state index contributed by atoms with van der Waals surface area (Å²) in [4.78, 5) is 24.9. The minimum atomic E-state index is -1.83. The Balaban J connectivity index is 2.46. The first-order chi connectivity index (χ1) is 16.9. The van der Waals surface area contributed by atoms with E-state index in [0.29, 0.717) is 18.1 Å². The molecular weight excluding hydrogens is 480 g/mol. The van der Waals surface area contributed by atoms with Gasteiger partial charge in [-0.2, -0.15) is 0 Å². The Morgan fingerprint density at radius 2 is 1.64 bits per heavy atom. The Kier molecular flexibility index (Phi) is 15.1. The lowest BCUT2D eigenvalue weighted by Gasteiger charge is -2.36. The number of hydrogen-bond donors (Lipinski definition) is 0. The topological polar surface area (TPSA) is 52.6 Å². The Morgan fingerprint density at radius 3 is 2.22 bits per heavy atom. The molecule has 0 N–H and O–H groups in total. The van der Waals surface area contributed by atoms with E-state index in [4.69, 9.17) is 8.85 Å². The quantitative estimate of drug-likeness (QED) is 0.0934. The van der Waals surface area contributed by atoms with Gasteiger partial charge in [-0.1, -0.05) is 72.0 Å². The van der Waals surface area contributed by atoms with Crippen LogP contribution in [0.3, 0.4) is 0 Å². The molecule has 0 aromatic rings. The van der Waals surface area contributed by atoms with Crippen LogP contribution in [0.15, 0.2) is 12.2 Å². The van der Waals surface area contributed by atoms with Gasteiger partial charge in [0.05, 0.1) is 5.60 Å². The Labute approximate surface area is 225 Å². The lowest BCUT2D eigenvalue weighted by atomic mass is 9.88. The van der Waals surface area contributed by atoms with Crippen LogP contribution in [0.1, 0.15) is 112 Å². The van der Waals surface area contributed by atoms with E-state index in [2.05, 4.69) is 66.4 Å². The maximum absolute atomic E-state index is 12.6. The first kappa shape index (κ1) is 33.3. The summed E-state index contributed by atoms with van der Waals surface area (Å²) in [6.45, 7) is 17.8. The second-order valence-electron chi connectivity index (χ2n) is 12.3. The Bertz CT molecular complexity index is 673. The van der Waals surface area contributed by atoms with Crippen molar-refractivity contribution >= 4 is 28.4 Å². The van der Waals surface area contributed by atoms with Gasteiger partial charge in [0.2, 0.25) is 0 Å². The molecule has 0 aliphatic heterocycles. The highest BCUT2D eigenvalue weighted by molar-refractivity contribution is 6.74. The molecule has 0 spiro atoms. The molecular formula is C30H58O4Si2. The van der Waals surface area contributed by atoms with Gasteiger partial charge in [-0.25, -0.2) is 0 Å². The molecule has 0 bridgehead atoms. The average molecular weight is 539 g/mol. The minimum Gasteiger partial charge on any atom is -0.519 e. The number of allylic oxidation sites excluding steroid dienone is 1. The third-order valence-corrected chi connectivity index (χ3v) is 13.7. The summed E-state index contributed by atoms with van der Waals surface area (Å²) in [6, 6.07) is 3.04. The van der Waals surface area contributed by atoms with Gasteiger partial charge in [0, 0.05) is 18.8 Å². The average Bonchev–Trinajstić information content (AvgIpc) is 3.16. The summed E-state index contributed by atoms with van der Waals surface area (Å²) in [5, 5.41) is 0. The summed E-state index contributed by atoms with van der Waals surface area (Å²) in [6.07, 6.45) is 16.4. The number of unbranched alkanes of at least 4 members (excludes halogenated alkanes) is 4. The fourth-order valence-corrected chi connectivity index (χ4v) is 9.94. The first-order valence-electron chi connectivity index (χ1n) is 15.0. The smallest absolute Gasteiger partial charge is 0.292 e. The molecule has 6 heteroatoms. The van der Waals surface area contributed by atoms with Gasteiger partial charge in [0.1, 0.15) is 5.78 Å². The van der Waals surface area contributed by atoms with Gasteiger partial charge in [-0.15, -0.1) is 0 Å². The predicted octanol–water partition coefficient (Wildman–Crippen LogP) is 9.22. The van der Waals surface area contributed by atoms with Crippen LogP contribution in [-0.4, -0.2) is 34.0 Å². The Morgan fingerprint density at radius 1 is 1.00 bits per heavy atom. The lowest BCUT2D eigenvalue weighted by Crippen LogP contribution is -2.40. The van der Waals surface area contributed by atoms with E-state index in [9.17, 15) is 9.59 Å². The monoisotopic (exact) mass is 538 g/mol. The molecule has 0 aromatic heterocycles. The molecule has 1 aliphatic carbocycles. The van der Waals surface area contributed by atoms with Crippen molar-refractivity contribution in [3.05, 3.63) is 12.2 Å². The van der Waals surface area contributed by atoms with Crippen LogP contribution in [0.5, 0.6) is 0 Å². The molecule has 1 aliphatic rings. The number of hydrogen-bond acceptors (Lipinski definition) is 4. The van der Waals surface area contributed by atoms with Crippen LogP contribution in [0.4, 0.5) is 0 Å². The first-order valence-corrected chi connectivity index (χ1v) is 21.0. The molecule has 3 atom stereocenters. The van der Waals surface area contributed by atoms with Crippen LogP contribution in [0.2, 0.25) is 37.8 Å². The van der Waals surface area contributed by atoms with Crippen molar-refractivity contribution in [1.29, 1.82) is 0 Å². The maximum atomic E-state index is 12.6. The van der Waals surface area contributed by atoms with Gasteiger partial charge >= 0.3 is 0 Å². The van der Waals surface area contributed by atoms with Crippen molar-refractivity contribution in [3.63, 3.8) is 0 Å². The highest BCUT2D eigenvalue weighted by Crippen LogP contribution is 2.35. The van der Waals surface area contributed by atoms with Crippen LogP contribution in [-0.2, 0) is 18.4 Å². The van der Waals surface area contributed by atoms with Crippen molar-refractivity contribution < 1.29 is 18.4 Å². The van der Waals surface area contributed by atoms with Gasteiger partial charge < -0.3 is 8.85 Å². The summed E-state index contributed by atoms with van der Waals surface area (Å²) >= 11 is 0. The molecule has 4 nitrogen and oxygen atoms in total. The molecule has 1 fully saturated rings. The molecule has 1 rings (SSSR count). The highest BCUT2D eigenvalue weighted by Gasteiger charge is 2.34. The summed E-state index contributed by atoms with van der Waals surface area (Å²) in [7, 11) is -3.45. The third kappa shape index (κ3) is 12.2. The van der Waals surface area contributed by atoms with Crippen molar-refractivity contribution in [2.24, 2.45) is 11.8 Å². The molecule has 0 saturated heterocycles. The summed E-state index contributed by atoms with van der Waals surface area (Å²) < 4.78 is 12.5. The van der Waals surface area contributed by atoms with Crippen LogP contribution >= 0.6 is 0 Å². The van der Waals surface area contributed by atoms with E-state index in [0.717, 1.165) is 75.9 Å². The van der Waals surface area contributed by atoms with Crippen molar-refractivity contribution in [1.82, 2.24) is 0 Å². The van der Waals surface area contributed by atoms with Crippen molar-refractivity contribution in [2.45, 2.75) is 155 Å². The lowest BCUT2D eigenvalue weighted by molar-refractivity contribution is -0.135. The van der Waals surface area contributed by atoms with Crippen LogP contribution in [0.25, 0.3) is 0 Å². The van der Waals surface area contributed by atoms with Crippen molar-refractivity contribution in [2.75, 3.05) is 0 Å². The molecule has 0 radical (unpaired) electrons. The molecule has 1 unspecified atom stereocenters. The predicted molar refractivity (Wildman–Crippen MR) is 158 cm³/mol. The number of carbonyl (C=O) groups excluding carboxylic acids is 2. The van der Waals surface area contributed by atoms with E-state index in [1.807, 2.05) is 0 Å². The number of carbonyl (C=O) groups is 2. The van der Waals surface area contributed by atoms with Gasteiger partial charge in [-0.3, -0.25) is 9.59 Å². The molecule has 0 aromatic carbocycles. The molecule has 210 valence electrons. The van der Waals surface area contributed by atoms with Gasteiger partial charge in [-0.05, 0) is 82.7 Å². The normalized spacial score (nSPS) is 20.7. The molecule has 0 heterocycles. The zero-order valence-corrected chi connectivity index (χ0v) is 27.0. The second-order valence-corrected chi connectivity index (χ2v) is 21.5. The van der Waals surface area contributed by atoms with Crippen molar-refractivity contribution in [3.8, 4) is 0 Å². The van der Waals surface area contributed by atoms with Crippen LogP contribution in [0, 0.1) is 11.8 Å². The second kappa shape index (κ2) is 16.3. The maximum Gasteiger partial charge on any atom is 0.292 e. The molecule has 36 heavy (non-hydrogen) atoms. The highest BCUT2D eigenvalue weighted by atomic mass is 28.4. The summed E-state index contributed by atoms with van der Waals surface area (Å²) in [5.74, 6) is 1.01. The van der Waals surface area contributed by atoms with Gasteiger partial charge in [0.25, 0.3) is 14.3 Å². The number of rotatable bonds is 19. The minimum absolute atomic E-state index is 0.00688. The standard InChI is InChI=1S/C30H58O4Si2/c1-9-13-24-30(5,34-35(6,7)8)25-18-19-26-22-23-28(31)27(26)20-16-14-15-17-21-29(32)33-36(10-2,11-3)12-4/h18-19,26-27H,9-17,20-25H2,1-8H3/t26-,27+,30?/m0/s1. The fraction of sp³-hybridized carbons (Fsp3) is 0.867. The molecule has 0 amide bonds. The summed E-state index contributed by atoms with van der Waals surface area (Å²) in [5.41, 5.74) is -0.0935. The van der Waals surface area contributed by atoms with E-state index in [1.165, 1.54) is 12.8 Å². The Hall–Kier alpha value is -0.726. The molecule has 1 saturated carbocycles.